The van der Waals surface area contributed by atoms with Gasteiger partial charge in [0.15, 0.2) is 11.5 Å². The summed E-state index contributed by atoms with van der Waals surface area (Å²) < 4.78 is 43.2. The van der Waals surface area contributed by atoms with Crippen LogP contribution in [0.2, 0.25) is 0 Å². The van der Waals surface area contributed by atoms with Gasteiger partial charge in [0.25, 0.3) is 15.9 Å². The predicted octanol–water partition coefficient (Wildman–Crippen LogP) is 4.35. The van der Waals surface area contributed by atoms with Crippen LogP contribution in [0, 0.1) is 0 Å². The Kier molecular flexibility index (Phi) is 7.80. The summed E-state index contributed by atoms with van der Waals surface area (Å²) in [5, 5.41) is 2.80. The zero-order valence-electron chi connectivity index (χ0n) is 19.1. The molecule has 0 spiro atoms. The largest absolute Gasteiger partial charge is 0.493 e. The van der Waals surface area contributed by atoms with Gasteiger partial charge in [0.05, 0.1) is 24.8 Å². The van der Waals surface area contributed by atoms with E-state index in [-0.39, 0.29) is 10.8 Å². The normalized spacial score (nSPS) is 10.8. The van der Waals surface area contributed by atoms with E-state index in [1.165, 1.54) is 39.5 Å². The average molecular weight is 483 g/mol. The van der Waals surface area contributed by atoms with E-state index in [9.17, 15) is 13.2 Å². The van der Waals surface area contributed by atoms with Crippen LogP contribution in [0.1, 0.15) is 10.4 Å². The highest BCUT2D eigenvalue weighted by atomic mass is 32.2. The van der Waals surface area contributed by atoms with E-state index in [2.05, 4.69) is 11.9 Å². The molecule has 0 bridgehead atoms. The molecule has 0 aliphatic carbocycles. The van der Waals surface area contributed by atoms with Crippen molar-refractivity contribution in [2.45, 2.75) is 4.90 Å². The Labute approximate surface area is 199 Å². The minimum atomic E-state index is -3.87. The molecule has 3 aromatic rings. The van der Waals surface area contributed by atoms with Crippen molar-refractivity contribution in [3.8, 4) is 17.2 Å². The average Bonchev–Trinajstić information content (AvgIpc) is 2.86. The van der Waals surface area contributed by atoms with Crippen molar-refractivity contribution < 1.29 is 27.4 Å². The van der Waals surface area contributed by atoms with Crippen molar-refractivity contribution >= 4 is 27.3 Å². The van der Waals surface area contributed by atoms with E-state index in [1.54, 1.807) is 54.6 Å². The molecule has 3 rings (SSSR count). The molecule has 0 saturated heterocycles. The summed E-state index contributed by atoms with van der Waals surface area (Å²) >= 11 is 0. The monoisotopic (exact) mass is 482 g/mol. The number of anilines is 2. The number of ether oxygens (including phenoxy) is 3. The quantitative estimate of drug-likeness (QED) is 0.432. The Morgan fingerprint density at radius 3 is 2.35 bits per heavy atom. The molecule has 8 nitrogen and oxygen atoms in total. The predicted molar refractivity (Wildman–Crippen MR) is 132 cm³/mol. The van der Waals surface area contributed by atoms with Crippen molar-refractivity contribution in [2.24, 2.45) is 0 Å². The van der Waals surface area contributed by atoms with Gasteiger partial charge in [-0.05, 0) is 48.5 Å². The van der Waals surface area contributed by atoms with Crippen LogP contribution in [0.25, 0.3) is 0 Å². The van der Waals surface area contributed by atoms with E-state index in [0.29, 0.717) is 40.8 Å². The summed E-state index contributed by atoms with van der Waals surface area (Å²) in [6.07, 6.45) is 1.63. The van der Waals surface area contributed by atoms with Crippen molar-refractivity contribution in [1.29, 1.82) is 0 Å². The Balaban J connectivity index is 1.75. The number of hydrogen-bond donors (Lipinski definition) is 1. The first-order valence-corrected chi connectivity index (χ1v) is 11.7. The maximum atomic E-state index is 13.1. The van der Waals surface area contributed by atoms with Crippen LogP contribution >= 0.6 is 0 Å². The van der Waals surface area contributed by atoms with Gasteiger partial charge in [0.1, 0.15) is 12.4 Å². The molecule has 178 valence electrons. The fourth-order valence-corrected chi connectivity index (χ4v) is 4.33. The number of rotatable bonds is 10. The first kappa shape index (κ1) is 24.7. The van der Waals surface area contributed by atoms with Crippen LogP contribution in [-0.4, -0.2) is 42.2 Å². The second kappa shape index (κ2) is 10.8. The number of benzene rings is 3. The number of hydrogen-bond acceptors (Lipinski definition) is 6. The molecule has 0 saturated carbocycles. The maximum absolute atomic E-state index is 13.1. The fraction of sp³-hybridized carbons (Fsp3) is 0.160. The van der Waals surface area contributed by atoms with E-state index >= 15 is 0 Å². The standard InChI is InChI=1S/C25H26N2O6S/c1-5-15-33-21-8-6-7-19(16-21)26-25(28)18-9-11-20(12-10-18)27(2)34(29,30)22-13-14-23(31-3)24(17-22)32-4/h5-14,16-17H,1,15H2,2-4H3,(H,26,28). The third-order valence-electron chi connectivity index (χ3n) is 4.97. The SMILES string of the molecule is C=CCOc1cccc(NC(=O)c2ccc(N(C)S(=O)(=O)c3ccc(OC)c(OC)c3)cc2)c1. The molecule has 0 radical (unpaired) electrons. The maximum Gasteiger partial charge on any atom is 0.264 e. The minimum Gasteiger partial charge on any atom is -0.493 e. The molecule has 9 heteroatoms. The summed E-state index contributed by atoms with van der Waals surface area (Å²) in [5.74, 6) is 1.01. The van der Waals surface area contributed by atoms with Gasteiger partial charge in [-0.15, -0.1) is 0 Å². The zero-order chi connectivity index (χ0) is 24.7. The summed E-state index contributed by atoms with van der Waals surface area (Å²) in [4.78, 5) is 12.7. The van der Waals surface area contributed by atoms with Crippen molar-refractivity contribution in [3.05, 3.63) is 84.9 Å². The molecule has 34 heavy (non-hydrogen) atoms. The molecule has 0 atom stereocenters. The Hall–Kier alpha value is -3.98. The molecule has 3 aromatic carbocycles. The topological polar surface area (TPSA) is 94.2 Å². The third-order valence-corrected chi connectivity index (χ3v) is 6.75. The number of nitrogens with zero attached hydrogens (tertiary/aromatic N) is 1. The van der Waals surface area contributed by atoms with E-state index < -0.39 is 10.0 Å². The highest BCUT2D eigenvalue weighted by Gasteiger charge is 2.23. The number of sulfonamides is 1. The zero-order valence-corrected chi connectivity index (χ0v) is 20.0. The van der Waals surface area contributed by atoms with Crippen molar-refractivity contribution in [1.82, 2.24) is 0 Å². The number of carbonyl (C=O) groups is 1. The second-order valence-electron chi connectivity index (χ2n) is 7.12. The molecular weight excluding hydrogens is 456 g/mol. The van der Waals surface area contributed by atoms with Gasteiger partial charge in [0, 0.05) is 30.4 Å². The Morgan fingerprint density at radius 2 is 1.71 bits per heavy atom. The Morgan fingerprint density at radius 1 is 1.00 bits per heavy atom. The fourth-order valence-electron chi connectivity index (χ4n) is 3.12. The lowest BCUT2D eigenvalue weighted by atomic mass is 10.2. The molecule has 0 unspecified atom stereocenters. The molecule has 1 N–H and O–H groups in total. The second-order valence-corrected chi connectivity index (χ2v) is 9.09. The van der Waals surface area contributed by atoms with E-state index in [1.807, 2.05) is 0 Å². The van der Waals surface area contributed by atoms with E-state index in [4.69, 9.17) is 14.2 Å². The van der Waals surface area contributed by atoms with Crippen LogP contribution in [0.4, 0.5) is 11.4 Å². The van der Waals surface area contributed by atoms with Gasteiger partial charge in [-0.25, -0.2) is 8.42 Å². The minimum absolute atomic E-state index is 0.0491. The smallest absolute Gasteiger partial charge is 0.264 e. The van der Waals surface area contributed by atoms with Gasteiger partial charge in [-0.1, -0.05) is 18.7 Å². The first-order valence-electron chi connectivity index (χ1n) is 10.3. The number of carbonyl (C=O) groups excluding carboxylic acids is 1. The van der Waals surface area contributed by atoms with Crippen molar-refractivity contribution in [3.63, 3.8) is 0 Å². The molecular formula is C25H26N2O6S. The number of nitrogens with one attached hydrogen (secondary N) is 1. The molecule has 0 heterocycles. The van der Waals surface area contributed by atoms with Gasteiger partial charge in [0.2, 0.25) is 0 Å². The van der Waals surface area contributed by atoms with Crippen LogP contribution in [-0.2, 0) is 10.0 Å². The van der Waals surface area contributed by atoms with Crippen LogP contribution in [0.15, 0.2) is 84.3 Å². The number of amides is 1. The van der Waals surface area contributed by atoms with Gasteiger partial charge < -0.3 is 19.5 Å². The van der Waals surface area contributed by atoms with Crippen molar-refractivity contribution in [2.75, 3.05) is 37.5 Å². The molecule has 1 amide bonds. The number of methoxy groups -OCH3 is 2. The van der Waals surface area contributed by atoms with Gasteiger partial charge >= 0.3 is 0 Å². The lowest BCUT2D eigenvalue weighted by molar-refractivity contribution is 0.102. The van der Waals surface area contributed by atoms with Gasteiger partial charge in [-0.2, -0.15) is 0 Å². The third kappa shape index (κ3) is 5.49. The molecule has 0 aliphatic rings. The lowest BCUT2D eigenvalue weighted by Crippen LogP contribution is -2.26. The van der Waals surface area contributed by atoms with Crippen LogP contribution in [0.3, 0.4) is 0 Å². The summed E-state index contributed by atoms with van der Waals surface area (Å²) in [5.41, 5.74) is 1.34. The van der Waals surface area contributed by atoms with Crippen LogP contribution < -0.4 is 23.8 Å². The van der Waals surface area contributed by atoms with Crippen LogP contribution in [0.5, 0.6) is 17.2 Å². The molecule has 0 aliphatic heterocycles. The van der Waals surface area contributed by atoms with E-state index in [0.717, 1.165) is 4.31 Å². The first-order chi connectivity index (χ1) is 16.3. The summed E-state index contributed by atoms with van der Waals surface area (Å²) in [6.45, 7) is 3.97. The summed E-state index contributed by atoms with van der Waals surface area (Å²) in [7, 11) is 0.485. The van der Waals surface area contributed by atoms with Gasteiger partial charge in [-0.3, -0.25) is 9.10 Å². The summed E-state index contributed by atoms with van der Waals surface area (Å²) in [6, 6.07) is 17.6. The highest BCUT2D eigenvalue weighted by molar-refractivity contribution is 7.92. The highest BCUT2D eigenvalue weighted by Crippen LogP contribution is 2.31. The Bertz CT molecular complexity index is 1270. The lowest BCUT2D eigenvalue weighted by Gasteiger charge is -2.20. The molecule has 0 aromatic heterocycles. The molecule has 0 fully saturated rings.